The summed E-state index contributed by atoms with van der Waals surface area (Å²) >= 11 is 0. The van der Waals surface area contributed by atoms with Gasteiger partial charge in [0, 0.05) is 6.54 Å². The summed E-state index contributed by atoms with van der Waals surface area (Å²) in [5.41, 5.74) is 1.20. The van der Waals surface area contributed by atoms with Gasteiger partial charge in [0.2, 0.25) is 0 Å². The predicted molar refractivity (Wildman–Crippen MR) is 73.6 cm³/mol. The van der Waals surface area contributed by atoms with Gasteiger partial charge in [0.15, 0.2) is 0 Å². The van der Waals surface area contributed by atoms with Gasteiger partial charge >= 0.3 is 0 Å². The van der Waals surface area contributed by atoms with Crippen molar-refractivity contribution in [3.8, 4) is 5.75 Å². The van der Waals surface area contributed by atoms with Crippen molar-refractivity contribution >= 4 is 0 Å². The second kappa shape index (κ2) is 8.13. The van der Waals surface area contributed by atoms with Crippen molar-refractivity contribution in [2.24, 2.45) is 5.92 Å². The molecule has 0 amide bonds. The van der Waals surface area contributed by atoms with Gasteiger partial charge in [-0.15, -0.1) is 0 Å². The van der Waals surface area contributed by atoms with E-state index in [0.717, 1.165) is 31.4 Å². The molecule has 0 saturated heterocycles. The third-order valence-corrected chi connectivity index (χ3v) is 2.77. The van der Waals surface area contributed by atoms with Gasteiger partial charge in [-0.3, -0.25) is 0 Å². The lowest BCUT2D eigenvalue weighted by Gasteiger charge is -2.10. The highest BCUT2D eigenvalue weighted by Gasteiger charge is 1.97. The lowest BCUT2D eigenvalue weighted by Crippen LogP contribution is -2.22. The van der Waals surface area contributed by atoms with Crippen LogP contribution in [0.4, 0.5) is 0 Å². The maximum absolute atomic E-state index is 5.70. The SMILES string of the molecule is Cc1ccccc1OCCNCCCC(C)C. The molecule has 0 aromatic heterocycles. The van der Waals surface area contributed by atoms with Crippen LogP contribution in [0, 0.1) is 12.8 Å². The first-order chi connectivity index (χ1) is 8.20. The molecule has 1 N–H and O–H groups in total. The highest BCUT2D eigenvalue weighted by Crippen LogP contribution is 2.15. The van der Waals surface area contributed by atoms with Gasteiger partial charge in [-0.2, -0.15) is 0 Å². The number of aryl methyl sites for hydroxylation is 1. The van der Waals surface area contributed by atoms with Crippen LogP contribution >= 0.6 is 0 Å². The fourth-order valence-corrected chi connectivity index (χ4v) is 1.71. The average molecular weight is 235 g/mol. The lowest BCUT2D eigenvalue weighted by molar-refractivity contribution is 0.311. The fourth-order valence-electron chi connectivity index (χ4n) is 1.71. The van der Waals surface area contributed by atoms with Crippen LogP contribution in [0.25, 0.3) is 0 Å². The fraction of sp³-hybridized carbons (Fsp3) is 0.600. The van der Waals surface area contributed by atoms with E-state index in [-0.39, 0.29) is 0 Å². The van der Waals surface area contributed by atoms with Crippen molar-refractivity contribution in [1.82, 2.24) is 5.32 Å². The lowest BCUT2D eigenvalue weighted by atomic mass is 10.1. The Hall–Kier alpha value is -1.02. The third-order valence-electron chi connectivity index (χ3n) is 2.77. The van der Waals surface area contributed by atoms with Crippen LogP contribution in [0.1, 0.15) is 32.3 Å². The second-order valence-corrected chi connectivity index (χ2v) is 4.90. The van der Waals surface area contributed by atoms with E-state index in [1.54, 1.807) is 0 Å². The van der Waals surface area contributed by atoms with Crippen molar-refractivity contribution in [3.63, 3.8) is 0 Å². The molecule has 0 radical (unpaired) electrons. The van der Waals surface area contributed by atoms with E-state index in [9.17, 15) is 0 Å². The third kappa shape index (κ3) is 6.32. The predicted octanol–water partition coefficient (Wildman–Crippen LogP) is 3.40. The minimum atomic E-state index is 0.743. The molecule has 0 fully saturated rings. The number of para-hydroxylation sites is 1. The van der Waals surface area contributed by atoms with E-state index in [4.69, 9.17) is 4.74 Å². The molecule has 0 aliphatic heterocycles. The standard InChI is InChI=1S/C15H25NO/c1-13(2)7-6-10-16-11-12-17-15-9-5-4-8-14(15)3/h4-5,8-9,13,16H,6-7,10-12H2,1-3H3. The molecule has 0 heterocycles. The van der Waals surface area contributed by atoms with E-state index in [0.29, 0.717) is 0 Å². The molecular formula is C15H25NO. The molecule has 0 unspecified atom stereocenters. The largest absolute Gasteiger partial charge is 0.492 e. The van der Waals surface area contributed by atoms with Crippen LogP contribution in [0.3, 0.4) is 0 Å². The summed E-state index contributed by atoms with van der Waals surface area (Å²) < 4.78 is 5.70. The van der Waals surface area contributed by atoms with E-state index in [2.05, 4.69) is 32.2 Å². The Balaban J connectivity index is 2.03. The summed E-state index contributed by atoms with van der Waals surface area (Å²) in [5.74, 6) is 1.80. The molecule has 2 nitrogen and oxygen atoms in total. The number of hydrogen-bond donors (Lipinski definition) is 1. The molecule has 0 atom stereocenters. The Morgan fingerprint density at radius 3 is 2.65 bits per heavy atom. The number of ether oxygens (including phenoxy) is 1. The van der Waals surface area contributed by atoms with Gasteiger partial charge in [0.05, 0.1) is 0 Å². The molecule has 2 heteroatoms. The van der Waals surface area contributed by atoms with Crippen LogP contribution in [0.5, 0.6) is 5.75 Å². The van der Waals surface area contributed by atoms with Gasteiger partial charge in [-0.1, -0.05) is 32.0 Å². The Kier molecular flexibility index (Phi) is 6.71. The first-order valence-corrected chi connectivity index (χ1v) is 6.59. The average Bonchev–Trinajstić information content (AvgIpc) is 2.30. The number of rotatable bonds is 8. The zero-order chi connectivity index (χ0) is 12.5. The molecule has 1 aromatic rings. The first-order valence-electron chi connectivity index (χ1n) is 6.59. The summed E-state index contributed by atoms with van der Waals surface area (Å²) in [6.45, 7) is 9.36. The van der Waals surface area contributed by atoms with Gasteiger partial charge in [-0.05, 0) is 43.9 Å². The zero-order valence-corrected chi connectivity index (χ0v) is 11.3. The van der Waals surface area contributed by atoms with E-state index >= 15 is 0 Å². The molecule has 1 rings (SSSR count). The Morgan fingerprint density at radius 1 is 1.18 bits per heavy atom. The molecule has 1 aromatic carbocycles. The number of nitrogens with one attached hydrogen (secondary N) is 1. The molecule has 0 aliphatic carbocycles. The van der Waals surface area contributed by atoms with Crippen LogP contribution in [0.15, 0.2) is 24.3 Å². The van der Waals surface area contributed by atoms with Crippen LogP contribution in [-0.4, -0.2) is 19.7 Å². The number of hydrogen-bond acceptors (Lipinski definition) is 2. The Bertz CT molecular complexity index is 310. The molecule has 17 heavy (non-hydrogen) atoms. The van der Waals surface area contributed by atoms with Gasteiger partial charge in [0.1, 0.15) is 12.4 Å². The quantitative estimate of drug-likeness (QED) is 0.697. The topological polar surface area (TPSA) is 21.3 Å². The maximum atomic E-state index is 5.70. The van der Waals surface area contributed by atoms with Crippen molar-refractivity contribution in [1.29, 1.82) is 0 Å². The smallest absolute Gasteiger partial charge is 0.122 e. The highest BCUT2D eigenvalue weighted by molar-refractivity contribution is 5.31. The zero-order valence-electron chi connectivity index (χ0n) is 11.3. The Morgan fingerprint density at radius 2 is 1.94 bits per heavy atom. The van der Waals surface area contributed by atoms with Crippen LogP contribution in [0.2, 0.25) is 0 Å². The maximum Gasteiger partial charge on any atom is 0.122 e. The van der Waals surface area contributed by atoms with E-state index < -0.39 is 0 Å². The van der Waals surface area contributed by atoms with Crippen LogP contribution in [-0.2, 0) is 0 Å². The molecule has 0 spiro atoms. The van der Waals surface area contributed by atoms with E-state index in [1.807, 2.05) is 18.2 Å². The van der Waals surface area contributed by atoms with Crippen molar-refractivity contribution < 1.29 is 4.74 Å². The molecule has 0 bridgehead atoms. The van der Waals surface area contributed by atoms with Crippen molar-refractivity contribution in [3.05, 3.63) is 29.8 Å². The first kappa shape index (κ1) is 14.0. The summed E-state index contributed by atoms with van der Waals surface area (Å²) in [4.78, 5) is 0. The highest BCUT2D eigenvalue weighted by atomic mass is 16.5. The number of benzene rings is 1. The molecule has 96 valence electrons. The Labute approximate surface area is 105 Å². The minimum Gasteiger partial charge on any atom is -0.492 e. The van der Waals surface area contributed by atoms with Crippen molar-refractivity contribution in [2.75, 3.05) is 19.7 Å². The van der Waals surface area contributed by atoms with Crippen molar-refractivity contribution in [2.45, 2.75) is 33.6 Å². The van der Waals surface area contributed by atoms with E-state index in [1.165, 1.54) is 18.4 Å². The van der Waals surface area contributed by atoms with Gasteiger partial charge < -0.3 is 10.1 Å². The monoisotopic (exact) mass is 235 g/mol. The van der Waals surface area contributed by atoms with Gasteiger partial charge in [0.25, 0.3) is 0 Å². The normalized spacial score (nSPS) is 10.8. The summed E-state index contributed by atoms with van der Waals surface area (Å²) in [6.07, 6.45) is 2.55. The molecular weight excluding hydrogens is 210 g/mol. The molecule has 0 aliphatic rings. The summed E-state index contributed by atoms with van der Waals surface area (Å²) in [5, 5.41) is 3.41. The second-order valence-electron chi connectivity index (χ2n) is 4.90. The summed E-state index contributed by atoms with van der Waals surface area (Å²) in [6, 6.07) is 8.14. The van der Waals surface area contributed by atoms with Gasteiger partial charge in [-0.25, -0.2) is 0 Å². The molecule has 0 saturated carbocycles. The minimum absolute atomic E-state index is 0.743. The summed E-state index contributed by atoms with van der Waals surface area (Å²) in [7, 11) is 0. The van der Waals surface area contributed by atoms with Crippen LogP contribution < -0.4 is 10.1 Å².